The summed E-state index contributed by atoms with van der Waals surface area (Å²) < 4.78 is 25.7. The van der Waals surface area contributed by atoms with Crippen LogP contribution in [0.2, 0.25) is 0 Å². The van der Waals surface area contributed by atoms with Crippen LogP contribution in [-0.2, 0) is 14.9 Å². The maximum atomic E-state index is 12.0. The highest BCUT2D eigenvalue weighted by Crippen LogP contribution is 2.28. The zero-order chi connectivity index (χ0) is 13.3. The van der Waals surface area contributed by atoms with Crippen molar-refractivity contribution in [3.8, 4) is 0 Å². The zero-order valence-corrected chi connectivity index (χ0v) is 12.3. The molecule has 0 fully saturated rings. The van der Waals surface area contributed by atoms with Crippen molar-refractivity contribution < 1.29 is 13.3 Å². The lowest BCUT2D eigenvalue weighted by molar-refractivity contribution is 0.159. The molecule has 0 saturated heterocycles. The summed E-state index contributed by atoms with van der Waals surface area (Å²) in [5.74, 6) is -0.208. The van der Waals surface area contributed by atoms with Crippen LogP contribution in [0.1, 0.15) is 12.6 Å². The van der Waals surface area contributed by atoms with Crippen molar-refractivity contribution in [3.63, 3.8) is 0 Å². The van der Waals surface area contributed by atoms with Gasteiger partial charge in [0.2, 0.25) is 10.0 Å². The van der Waals surface area contributed by atoms with Gasteiger partial charge in [0, 0.05) is 7.05 Å². The minimum absolute atomic E-state index is 0.208. The smallest absolute Gasteiger partial charge is 0.240 e. The van der Waals surface area contributed by atoms with E-state index < -0.39 is 10.0 Å². The SMILES string of the molecule is CCON=C1CS(=O)(=O)N(C)c2ccc(Br)nc21. The van der Waals surface area contributed by atoms with Crippen LogP contribution in [0.3, 0.4) is 0 Å². The summed E-state index contributed by atoms with van der Waals surface area (Å²) in [5.41, 5.74) is 1.35. The zero-order valence-electron chi connectivity index (χ0n) is 9.92. The minimum atomic E-state index is -3.40. The third-order valence-corrected chi connectivity index (χ3v) is 4.60. The molecule has 1 aliphatic rings. The van der Waals surface area contributed by atoms with Crippen LogP contribution in [0.4, 0.5) is 5.69 Å². The molecule has 98 valence electrons. The molecule has 1 aromatic heterocycles. The van der Waals surface area contributed by atoms with Crippen molar-refractivity contribution >= 4 is 37.4 Å². The Morgan fingerprint density at radius 1 is 1.56 bits per heavy atom. The monoisotopic (exact) mass is 333 g/mol. The van der Waals surface area contributed by atoms with E-state index in [-0.39, 0.29) is 5.75 Å². The molecule has 0 aliphatic carbocycles. The molecule has 0 aromatic carbocycles. The highest BCUT2D eigenvalue weighted by atomic mass is 79.9. The maximum Gasteiger partial charge on any atom is 0.240 e. The number of pyridine rings is 1. The standard InChI is InChI=1S/C10H12BrN3O3S/c1-3-17-13-7-6-18(15,16)14(2)8-4-5-9(11)12-10(7)8/h4-5H,3,6H2,1-2H3. The first-order valence-electron chi connectivity index (χ1n) is 5.28. The molecule has 0 unspecified atom stereocenters. The molecule has 2 heterocycles. The lowest BCUT2D eigenvalue weighted by Gasteiger charge is -2.26. The summed E-state index contributed by atoms with van der Waals surface area (Å²) in [6, 6.07) is 3.37. The summed E-state index contributed by atoms with van der Waals surface area (Å²) in [5, 5.41) is 3.84. The van der Waals surface area contributed by atoms with Crippen LogP contribution in [-0.4, -0.2) is 38.5 Å². The largest absolute Gasteiger partial charge is 0.396 e. The molecule has 0 spiro atoms. The molecule has 0 bridgehead atoms. The van der Waals surface area contributed by atoms with Crippen molar-refractivity contribution in [1.29, 1.82) is 0 Å². The second-order valence-electron chi connectivity index (χ2n) is 3.68. The second-order valence-corrected chi connectivity index (χ2v) is 6.49. The fourth-order valence-electron chi connectivity index (χ4n) is 1.59. The predicted octanol–water partition coefficient (Wildman–Crippen LogP) is 1.36. The van der Waals surface area contributed by atoms with Gasteiger partial charge >= 0.3 is 0 Å². The number of fused-ring (bicyclic) bond motifs is 1. The van der Waals surface area contributed by atoms with Gasteiger partial charge in [-0.25, -0.2) is 13.4 Å². The topological polar surface area (TPSA) is 71.9 Å². The van der Waals surface area contributed by atoms with E-state index in [0.717, 1.165) is 0 Å². The van der Waals surface area contributed by atoms with E-state index in [9.17, 15) is 8.42 Å². The summed E-state index contributed by atoms with van der Waals surface area (Å²) in [6.07, 6.45) is 0. The van der Waals surface area contributed by atoms with Crippen molar-refractivity contribution in [3.05, 3.63) is 22.4 Å². The molecular formula is C10H12BrN3O3S. The highest BCUT2D eigenvalue weighted by Gasteiger charge is 2.32. The number of halogens is 1. The molecule has 0 amide bonds. The molecule has 18 heavy (non-hydrogen) atoms. The molecule has 2 rings (SSSR count). The molecule has 8 heteroatoms. The van der Waals surface area contributed by atoms with Gasteiger partial charge in [-0.1, -0.05) is 5.16 Å². The van der Waals surface area contributed by atoms with E-state index in [0.29, 0.717) is 28.3 Å². The Balaban J connectivity index is 2.60. The van der Waals surface area contributed by atoms with E-state index in [1.54, 1.807) is 19.1 Å². The van der Waals surface area contributed by atoms with Gasteiger partial charge in [0.15, 0.2) is 0 Å². The quantitative estimate of drug-likeness (QED) is 0.605. The van der Waals surface area contributed by atoms with Crippen LogP contribution in [0.25, 0.3) is 0 Å². The van der Waals surface area contributed by atoms with Gasteiger partial charge in [0.05, 0.1) is 5.69 Å². The first-order valence-corrected chi connectivity index (χ1v) is 7.68. The first kappa shape index (κ1) is 13.3. The van der Waals surface area contributed by atoms with Crippen molar-refractivity contribution in [2.75, 3.05) is 23.7 Å². The molecule has 0 N–H and O–H groups in total. The minimum Gasteiger partial charge on any atom is -0.396 e. The lowest BCUT2D eigenvalue weighted by Crippen LogP contribution is -2.39. The third kappa shape index (κ3) is 2.35. The van der Waals surface area contributed by atoms with Crippen LogP contribution in [0, 0.1) is 0 Å². The molecule has 1 aliphatic heterocycles. The van der Waals surface area contributed by atoms with Gasteiger partial charge in [0.1, 0.15) is 28.4 Å². The van der Waals surface area contributed by atoms with Crippen LogP contribution in [0.5, 0.6) is 0 Å². The average molecular weight is 334 g/mol. The number of rotatable bonds is 2. The number of sulfonamides is 1. The van der Waals surface area contributed by atoms with Gasteiger partial charge in [-0.3, -0.25) is 4.31 Å². The Morgan fingerprint density at radius 2 is 2.28 bits per heavy atom. The number of aromatic nitrogens is 1. The number of hydrogen-bond donors (Lipinski definition) is 0. The number of hydrogen-bond acceptors (Lipinski definition) is 5. The summed E-state index contributed by atoms with van der Waals surface area (Å²) in [7, 11) is -1.90. The van der Waals surface area contributed by atoms with E-state index in [1.165, 1.54) is 11.4 Å². The maximum absolute atomic E-state index is 12.0. The van der Waals surface area contributed by atoms with Crippen LogP contribution in [0.15, 0.2) is 21.9 Å². The molecular weight excluding hydrogens is 322 g/mol. The second kappa shape index (κ2) is 4.85. The van der Waals surface area contributed by atoms with Crippen molar-refractivity contribution in [2.45, 2.75) is 6.92 Å². The van der Waals surface area contributed by atoms with Gasteiger partial charge in [-0.2, -0.15) is 0 Å². The van der Waals surface area contributed by atoms with Crippen molar-refractivity contribution in [1.82, 2.24) is 4.98 Å². The lowest BCUT2D eigenvalue weighted by atomic mass is 10.2. The number of oxime groups is 1. The summed E-state index contributed by atoms with van der Waals surface area (Å²) in [6.45, 7) is 2.16. The van der Waals surface area contributed by atoms with E-state index in [4.69, 9.17) is 4.84 Å². The van der Waals surface area contributed by atoms with Gasteiger partial charge in [0.25, 0.3) is 0 Å². The first-order chi connectivity index (χ1) is 8.45. The summed E-state index contributed by atoms with van der Waals surface area (Å²) in [4.78, 5) is 9.21. The van der Waals surface area contributed by atoms with E-state index in [1.807, 2.05) is 0 Å². The van der Waals surface area contributed by atoms with E-state index in [2.05, 4.69) is 26.1 Å². The summed E-state index contributed by atoms with van der Waals surface area (Å²) >= 11 is 3.26. The number of anilines is 1. The van der Waals surface area contributed by atoms with Crippen LogP contribution < -0.4 is 4.31 Å². The molecule has 1 aromatic rings. The highest BCUT2D eigenvalue weighted by molar-refractivity contribution is 9.10. The van der Waals surface area contributed by atoms with Gasteiger partial charge in [-0.05, 0) is 35.0 Å². The Bertz CT molecular complexity index is 600. The van der Waals surface area contributed by atoms with Crippen molar-refractivity contribution in [2.24, 2.45) is 5.16 Å². The molecule has 0 radical (unpaired) electrons. The molecule has 0 saturated carbocycles. The van der Waals surface area contributed by atoms with E-state index >= 15 is 0 Å². The number of nitrogens with zero attached hydrogens (tertiary/aromatic N) is 3. The normalized spacial score (nSPS) is 19.7. The third-order valence-electron chi connectivity index (χ3n) is 2.49. The van der Waals surface area contributed by atoms with Gasteiger partial charge < -0.3 is 4.84 Å². The fourth-order valence-corrected chi connectivity index (χ4v) is 3.08. The predicted molar refractivity (Wildman–Crippen MR) is 72.3 cm³/mol. The van der Waals surface area contributed by atoms with Crippen LogP contribution >= 0.6 is 15.9 Å². The molecule has 0 atom stereocenters. The Morgan fingerprint density at radius 3 is 2.94 bits per heavy atom. The Kier molecular flexibility index (Phi) is 3.58. The average Bonchev–Trinajstić information content (AvgIpc) is 2.32. The van der Waals surface area contributed by atoms with Gasteiger partial charge in [-0.15, -0.1) is 0 Å². The molecule has 6 nitrogen and oxygen atoms in total. The fraction of sp³-hybridized carbons (Fsp3) is 0.400. The Labute approximate surface area is 114 Å². The Hall–Kier alpha value is -1.15.